The second kappa shape index (κ2) is 5.34. The molecule has 0 saturated carbocycles. The molecule has 2 aromatic heterocycles. The van der Waals surface area contributed by atoms with E-state index in [1.165, 1.54) is 29.8 Å². The zero-order valence-electron chi connectivity index (χ0n) is 10.3. The summed E-state index contributed by atoms with van der Waals surface area (Å²) in [6.45, 7) is 0.360. The standard InChI is InChI=1S/C14H10FN3OS/c15-11-3-1-9(2-4-11)6-17-13(19)12-5-10-7-16-8-18-14(10)20-12/h1-5,7-8H,6H2,(H,17,19). The minimum atomic E-state index is -0.289. The quantitative estimate of drug-likeness (QED) is 0.806. The van der Waals surface area contributed by atoms with Gasteiger partial charge in [-0.1, -0.05) is 12.1 Å². The molecule has 0 unspecified atom stereocenters. The molecule has 6 heteroatoms. The first-order valence-electron chi connectivity index (χ1n) is 5.94. The largest absolute Gasteiger partial charge is 0.347 e. The fraction of sp³-hybridized carbons (Fsp3) is 0.0714. The summed E-state index contributed by atoms with van der Waals surface area (Å²) in [6, 6.07) is 7.80. The molecule has 20 heavy (non-hydrogen) atoms. The van der Waals surface area contributed by atoms with E-state index in [1.54, 1.807) is 24.4 Å². The molecule has 0 radical (unpaired) electrons. The predicted octanol–water partition coefficient (Wildman–Crippen LogP) is 2.76. The van der Waals surface area contributed by atoms with Crippen LogP contribution in [0, 0.1) is 5.82 Å². The first kappa shape index (κ1) is 12.7. The van der Waals surface area contributed by atoms with Gasteiger partial charge in [-0.25, -0.2) is 14.4 Å². The van der Waals surface area contributed by atoms with Crippen LogP contribution in [0.4, 0.5) is 4.39 Å². The van der Waals surface area contributed by atoms with Gasteiger partial charge in [-0.05, 0) is 23.8 Å². The topological polar surface area (TPSA) is 54.9 Å². The molecular weight excluding hydrogens is 277 g/mol. The van der Waals surface area contributed by atoms with Crippen molar-refractivity contribution in [3.05, 3.63) is 59.1 Å². The van der Waals surface area contributed by atoms with Crippen LogP contribution in [0.2, 0.25) is 0 Å². The molecule has 1 aromatic carbocycles. The van der Waals surface area contributed by atoms with Crippen LogP contribution in [0.25, 0.3) is 10.2 Å². The Morgan fingerprint density at radius 1 is 1.30 bits per heavy atom. The number of benzene rings is 1. The van der Waals surface area contributed by atoms with E-state index in [9.17, 15) is 9.18 Å². The van der Waals surface area contributed by atoms with Gasteiger partial charge in [-0.15, -0.1) is 11.3 Å². The zero-order chi connectivity index (χ0) is 13.9. The average Bonchev–Trinajstić information content (AvgIpc) is 2.90. The van der Waals surface area contributed by atoms with E-state index >= 15 is 0 Å². The maximum atomic E-state index is 12.8. The van der Waals surface area contributed by atoms with Crippen molar-refractivity contribution >= 4 is 27.5 Å². The molecular formula is C14H10FN3OS. The summed E-state index contributed by atoms with van der Waals surface area (Å²) in [7, 11) is 0. The Morgan fingerprint density at radius 3 is 2.85 bits per heavy atom. The lowest BCUT2D eigenvalue weighted by molar-refractivity contribution is 0.0955. The van der Waals surface area contributed by atoms with Crippen LogP contribution in [0.1, 0.15) is 15.2 Å². The highest BCUT2D eigenvalue weighted by molar-refractivity contribution is 7.20. The SMILES string of the molecule is O=C(NCc1ccc(F)cc1)c1cc2cncnc2s1. The number of nitrogens with zero attached hydrogens (tertiary/aromatic N) is 2. The Hall–Kier alpha value is -2.34. The minimum absolute atomic E-state index is 0.169. The van der Waals surface area contributed by atoms with Crippen LogP contribution in [0.5, 0.6) is 0 Å². The van der Waals surface area contributed by atoms with Crippen molar-refractivity contribution in [1.82, 2.24) is 15.3 Å². The molecule has 4 nitrogen and oxygen atoms in total. The van der Waals surface area contributed by atoms with E-state index in [-0.39, 0.29) is 11.7 Å². The summed E-state index contributed by atoms with van der Waals surface area (Å²) in [4.78, 5) is 21.4. The summed E-state index contributed by atoms with van der Waals surface area (Å²) < 4.78 is 12.8. The Kier molecular flexibility index (Phi) is 3.39. The van der Waals surface area contributed by atoms with Crippen LogP contribution in [-0.4, -0.2) is 15.9 Å². The third-order valence-electron chi connectivity index (χ3n) is 2.79. The maximum Gasteiger partial charge on any atom is 0.261 e. The molecule has 1 amide bonds. The number of nitrogens with one attached hydrogen (secondary N) is 1. The molecule has 100 valence electrons. The van der Waals surface area contributed by atoms with E-state index in [1.807, 2.05) is 0 Å². The summed E-state index contributed by atoms with van der Waals surface area (Å²) in [5.41, 5.74) is 0.848. The van der Waals surface area contributed by atoms with Gasteiger partial charge in [0.1, 0.15) is 17.0 Å². The van der Waals surface area contributed by atoms with Gasteiger partial charge in [0.25, 0.3) is 5.91 Å². The number of hydrogen-bond acceptors (Lipinski definition) is 4. The predicted molar refractivity (Wildman–Crippen MR) is 75.0 cm³/mol. The summed E-state index contributed by atoms with van der Waals surface area (Å²) in [6.07, 6.45) is 3.13. The van der Waals surface area contributed by atoms with Crippen LogP contribution in [0.3, 0.4) is 0 Å². The molecule has 0 aliphatic rings. The number of carbonyl (C=O) groups is 1. The molecule has 2 heterocycles. The minimum Gasteiger partial charge on any atom is -0.347 e. The molecule has 0 aliphatic heterocycles. The number of carbonyl (C=O) groups excluding carboxylic acids is 1. The van der Waals surface area contributed by atoms with E-state index < -0.39 is 0 Å². The number of fused-ring (bicyclic) bond motifs is 1. The third-order valence-corrected chi connectivity index (χ3v) is 3.84. The molecule has 0 fully saturated rings. The van der Waals surface area contributed by atoms with Crippen molar-refractivity contribution < 1.29 is 9.18 Å². The Balaban J connectivity index is 1.71. The highest BCUT2D eigenvalue weighted by atomic mass is 32.1. The van der Waals surface area contributed by atoms with Gasteiger partial charge < -0.3 is 5.32 Å². The summed E-state index contributed by atoms with van der Waals surface area (Å²) in [5, 5.41) is 3.65. The van der Waals surface area contributed by atoms with E-state index in [2.05, 4.69) is 15.3 Å². The Labute approximate surface area is 118 Å². The highest BCUT2D eigenvalue weighted by Gasteiger charge is 2.10. The zero-order valence-corrected chi connectivity index (χ0v) is 11.2. The lowest BCUT2D eigenvalue weighted by Crippen LogP contribution is -2.21. The van der Waals surface area contributed by atoms with Gasteiger partial charge in [0.05, 0.1) is 4.88 Å². The molecule has 0 aliphatic carbocycles. The number of halogens is 1. The van der Waals surface area contributed by atoms with Gasteiger partial charge in [-0.2, -0.15) is 0 Å². The monoisotopic (exact) mass is 287 g/mol. The van der Waals surface area contributed by atoms with Crippen molar-refractivity contribution in [2.24, 2.45) is 0 Å². The van der Waals surface area contributed by atoms with Gasteiger partial charge in [-0.3, -0.25) is 4.79 Å². The van der Waals surface area contributed by atoms with Gasteiger partial charge in [0, 0.05) is 18.1 Å². The van der Waals surface area contributed by atoms with Crippen LogP contribution in [-0.2, 0) is 6.54 Å². The molecule has 1 N–H and O–H groups in total. The molecule has 3 aromatic rings. The van der Waals surface area contributed by atoms with Crippen molar-refractivity contribution in [3.8, 4) is 0 Å². The summed E-state index contributed by atoms with van der Waals surface area (Å²) in [5.74, 6) is -0.458. The number of rotatable bonds is 3. The lowest BCUT2D eigenvalue weighted by Gasteiger charge is -2.03. The first-order chi connectivity index (χ1) is 9.72. The smallest absolute Gasteiger partial charge is 0.261 e. The molecule has 0 bridgehead atoms. The fourth-order valence-electron chi connectivity index (χ4n) is 1.77. The second-order valence-electron chi connectivity index (χ2n) is 4.20. The van der Waals surface area contributed by atoms with Gasteiger partial charge >= 0.3 is 0 Å². The van der Waals surface area contributed by atoms with E-state index in [4.69, 9.17) is 0 Å². The number of thiophene rings is 1. The van der Waals surface area contributed by atoms with Crippen molar-refractivity contribution in [2.45, 2.75) is 6.54 Å². The van der Waals surface area contributed by atoms with Crippen molar-refractivity contribution in [3.63, 3.8) is 0 Å². The molecule has 0 spiro atoms. The summed E-state index contributed by atoms with van der Waals surface area (Å²) >= 11 is 1.32. The lowest BCUT2D eigenvalue weighted by atomic mass is 10.2. The van der Waals surface area contributed by atoms with Crippen LogP contribution in [0.15, 0.2) is 42.9 Å². The van der Waals surface area contributed by atoms with E-state index in [0.717, 1.165) is 15.8 Å². The normalized spacial score (nSPS) is 10.7. The average molecular weight is 287 g/mol. The number of amides is 1. The highest BCUT2D eigenvalue weighted by Crippen LogP contribution is 2.22. The van der Waals surface area contributed by atoms with Gasteiger partial charge in [0.15, 0.2) is 0 Å². The fourth-order valence-corrected chi connectivity index (χ4v) is 2.66. The Bertz CT molecular complexity index is 721. The maximum absolute atomic E-state index is 12.8. The van der Waals surface area contributed by atoms with Crippen molar-refractivity contribution in [2.75, 3.05) is 0 Å². The third kappa shape index (κ3) is 2.65. The number of aromatic nitrogens is 2. The Morgan fingerprint density at radius 2 is 2.10 bits per heavy atom. The molecule has 0 atom stereocenters. The number of hydrogen-bond donors (Lipinski definition) is 1. The van der Waals surface area contributed by atoms with Crippen LogP contribution < -0.4 is 5.32 Å². The first-order valence-corrected chi connectivity index (χ1v) is 6.76. The second-order valence-corrected chi connectivity index (χ2v) is 5.23. The molecule has 3 rings (SSSR count). The van der Waals surface area contributed by atoms with Gasteiger partial charge in [0.2, 0.25) is 0 Å². The van der Waals surface area contributed by atoms with Crippen molar-refractivity contribution in [1.29, 1.82) is 0 Å². The van der Waals surface area contributed by atoms with E-state index in [0.29, 0.717) is 11.4 Å². The molecule has 0 saturated heterocycles. The van der Waals surface area contributed by atoms with Crippen LogP contribution >= 0.6 is 11.3 Å².